The standard InChI is InChI=1S/C14H21N3O2/c1-9-8-10(2)16-14(15-9)17-12-6-4-11(5-7-12)13(18)19-3/h8,11-12H,4-7H2,1-3H3,(H,15,16,17). The lowest BCUT2D eigenvalue weighted by molar-refractivity contribution is -0.146. The summed E-state index contributed by atoms with van der Waals surface area (Å²) in [5.41, 5.74) is 1.94. The van der Waals surface area contributed by atoms with Crippen LogP contribution in [0.3, 0.4) is 0 Å². The zero-order chi connectivity index (χ0) is 13.8. The zero-order valence-electron chi connectivity index (χ0n) is 11.8. The summed E-state index contributed by atoms with van der Waals surface area (Å²) in [6, 6.07) is 2.31. The van der Waals surface area contributed by atoms with E-state index >= 15 is 0 Å². The van der Waals surface area contributed by atoms with Gasteiger partial charge in [-0.1, -0.05) is 0 Å². The smallest absolute Gasteiger partial charge is 0.308 e. The summed E-state index contributed by atoms with van der Waals surface area (Å²) < 4.78 is 4.79. The van der Waals surface area contributed by atoms with Crippen LogP contribution in [0, 0.1) is 19.8 Å². The van der Waals surface area contributed by atoms with E-state index in [9.17, 15) is 4.79 Å². The average Bonchev–Trinajstić information content (AvgIpc) is 2.37. The predicted molar refractivity (Wildman–Crippen MR) is 72.9 cm³/mol. The van der Waals surface area contributed by atoms with Crippen LogP contribution in [0.4, 0.5) is 5.95 Å². The molecule has 104 valence electrons. The van der Waals surface area contributed by atoms with E-state index < -0.39 is 0 Å². The second kappa shape index (κ2) is 5.99. The Morgan fingerprint density at radius 1 is 1.21 bits per heavy atom. The summed E-state index contributed by atoms with van der Waals surface area (Å²) in [4.78, 5) is 20.2. The summed E-state index contributed by atoms with van der Waals surface area (Å²) in [5.74, 6) is 0.670. The van der Waals surface area contributed by atoms with E-state index in [4.69, 9.17) is 4.74 Å². The van der Waals surface area contributed by atoms with E-state index in [0.29, 0.717) is 12.0 Å². The quantitative estimate of drug-likeness (QED) is 0.847. The molecule has 0 unspecified atom stereocenters. The van der Waals surface area contributed by atoms with Gasteiger partial charge in [0.25, 0.3) is 0 Å². The molecular weight excluding hydrogens is 242 g/mol. The van der Waals surface area contributed by atoms with Crippen molar-refractivity contribution in [2.45, 2.75) is 45.6 Å². The first kappa shape index (κ1) is 13.8. The highest BCUT2D eigenvalue weighted by atomic mass is 16.5. The second-order valence-electron chi connectivity index (χ2n) is 5.19. The number of aryl methyl sites for hydroxylation is 2. The number of hydrogen-bond acceptors (Lipinski definition) is 5. The van der Waals surface area contributed by atoms with E-state index in [0.717, 1.165) is 37.1 Å². The second-order valence-corrected chi connectivity index (χ2v) is 5.19. The van der Waals surface area contributed by atoms with Crippen molar-refractivity contribution in [2.75, 3.05) is 12.4 Å². The number of carbonyl (C=O) groups excluding carboxylic acids is 1. The van der Waals surface area contributed by atoms with Crippen molar-refractivity contribution >= 4 is 11.9 Å². The van der Waals surface area contributed by atoms with Gasteiger partial charge < -0.3 is 10.1 Å². The maximum absolute atomic E-state index is 11.5. The van der Waals surface area contributed by atoms with Crippen LogP contribution in [0.25, 0.3) is 0 Å². The molecule has 1 heterocycles. The zero-order valence-corrected chi connectivity index (χ0v) is 11.8. The monoisotopic (exact) mass is 263 g/mol. The van der Waals surface area contributed by atoms with Crippen LogP contribution in [-0.4, -0.2) is 29.1 Å². The number of ether oxygens (including phenoxy) is 1. The molecule has 1 aromatic heterocycles. The summed E-state index contributed by atoms with van der Waals surface area (Å²) in [6.07, 6.45) is 3.65. The molecule has 0 radical (unpaired) electrons. The summed E-state index contributed by atoms with van der Waals surface area (Å²) in [6.45, 7) is 3.93. The maximum Gasteiger partial charge on any atom is 0.308 e. The molecule has 19 heavy (non-hydrogen) atoms. The van der Waals surface area contributed by atoms with Gasteiger partial charge in [0.05, 0.1) is 13.0 Å². The normalized spacial score (nSPS) is 22.9. The number of nitrogens with zero attached hydrogens (tertiary/aromatic N) is 2. The highest BCUT2D eigenvalue weighted by Gasteiger charge is 2.27. The molecule has 0 spiro atoms. The van der Waals surface area contributed by atoms with Crippen LogP contribution in [0.5, 0.6) is 0 Å². The number of hydrogen-bond donors (Lipinski definition) is 1. The van der Waals surface area contributed by atoms with Crippen molar-refractivity contribution in [2.24, 2.45) is 5.92 Å². The van der Waals surface area contributed by atoms with Crippen LogP contribution in [0.15, 0.2) is 6.07 Å². The van der Waals surface area contributed by atoms with Crippen LogP contribution in [0.1, 0.15) is 37.1 Å². The number of anilines is 1. The van der Waals surface area contributed by atoms with Crippen LogP contribution >= 0.6 is 0 Å². The van der Waals surface area contributed by atoms with Gasteiger partial charge in [0, 0.05) is 17.4 Å². The first-order valence-electron chi connectivity index (χ1n) is 6.75. The fourth-order valence-corrected chi connectivity index (χ4v) is 2.61. The molecular formula is C14H21N3O2. The number of nitrogens with one attached hydrogen (secondary N) is 1. The minimum absolute atomic E-state index is 0.0585. The average molecular weight is 263 g/mol. The Kier molecular flexibility index (Phi) is 4.35. The molecule has 1 saturated carbocycles. The van der Waals surface area contributed by atoms with Gasteiger partial charge >= 0.3 is 5.97 Å². The fourth-order valence-electron chi connectivity index (χ4n) is 2.61. The van der Waals surface area contributed by atoms with Crippen molar-refractivity contribution in [1.29, 1.82) is 0 Å². The van der Waals surface area contributed by atoms with Gasteiger partial charge in [-0.05, 0) is 45.6 Å². The molecule has 0 amide bonds. The van der Waals surface area contributed by atoms with Gasteiger partial charge in [-0.3, -0.25) is 4.79 Å². The molecule has 0 aliphatic heterocycles. The fraction of sp³-hybridized carbons (Fsp3) is 0.643. The minimum atomic E-state index is -0.0823. The molecule has 1 aliphatic carbocycles. The Balaban J connectivity index is 1.90. The highest BCUT2D eigenvalue weighted by Crippen LogP contribution is 2.26. The highest BCUT2D eigenvalue weighted by molar-refractivity contribution is 5.72. The Labute approximate surface area is 113 Å². The molecule has 0 saturated heterocycles. The Hall–Kier alpha value is -1.65. The molecule has 1 N–H and O–H groups in total. The molecule has 0 bridgehead atoms. The molecule has 2 rings (SSSR count). The van der Waals surface area contributed by atoms with Crippen molar-refractivity contribution < 1.29 is 9.53 Å². The summed E-state index contributed by atoms with van der Waals surface area (Å²) in [5, 5.41) is 3.37. The lowest BCUT2D eigenvalue weighted by Gasteiger charge is -2.27. The van der Waals surface area contributed by atoms with Crippen LogP contribution in [-0.2, 0) is 9.53 Å². The first-order valence-corrected chi connectivity index (χ1v) is 6.75. The molecule has 5 nitrogen and oxygen atoms in total. The minimum Gasteiger partial charge on any atom is -0.469 e. The summed E-state index contributed by atoms with van der Waals surface area (Å²) >= 11 is 0. The Morgan fingerprint density at radius 3 is 2.32 bits per heavy atom. The van der Waals surface area contributed by atoms with Gasteiger partial charge in [0.2, 0.25) is 5.95 Å². The molecule has 0 aromatic carbocycles. The van der Waals surface area contributed by atoms with E-state index in [2.05, 4.69) is 15.3 Å². The van der Waals surface area contributed by atoms with E-state index in [1.807, 2.05) is 19.9 Å². The number of carbonyl (C=O) groups is 1. The topological polar surface area (TPSA) is 64.1 Å². The molecule has 0 atom stereocenters. The first-order chi connectivity index (χ1) is 9.08. The predicted octanol–water partition coefficient (Wildman–Crippen LogP) is 2.24. The SMILES string of the molecule is COC(=O)C1CCC(Nc2nc(C)cc(C)n2)CC1. The molecule has 5 heteroatoms. The number of esters is 1. The van der Waals surface area contributed by atoms with E-state index in [-0.39, 0.29) is 11.9 Å². The number of methoxy groups -OCH3 is 1. The maximum atomic E-state index is 11.5. The third-order valence-corrected chi connectivity index (χ3v) is 3.58. The van der Waals surface area contributed by atoms with Crippen molar-refractivity contribution in [3.05, 3.63) is 17.5 Å². The van der Waals surface area contributed by atoms with Gasteiger partial charge in [0.15, 0.2) is 0 Å². The van der Waals surface area contributed by atoms with E-state index in [1.54, 1.807) is 0 Å². The third-order valence-electron chi connectivity index (χ3n) is 3.58. The molecule has 1 fully saturated rings. The molecule has 1 aliphatic rings. The van der Waals surface area contributed by atoms with Gasteiger partial charge in [-0.2, -0.15) is 0 Å². The lowest BCUT2D eigenvalue weighted by Crippen LogP contribution is -2.30. The largest absolute Gasteiger partial charge is 0.469 e. The Morgan fingerprint density at radius 2 is 1.79 bits per heavy atom. The van der Waals surface area contributed by atoms with Crippen molar-refractivity contribution in [3.8, 4) is 0 Å². The number of aromatic nitrogens is 2. The van der Waals surface area contributed by atoms with Gasteiger partial charge in [0.1, 0.15) is 0 Å². The lowest BCUT2D eigenvalue weighted by atomic mass is 9.86. The molecule has 1 aromatic rings. The Bertz CT molecular complexity index is 434. The van der Waals surface area contributed by atoms with Crippen molar-refractivity contribution in [1.82, 2.24) is 9.97 Å². The van der Waals surface area contributed by atoms with Crippen molar-refractivity contribution in [3.63, 3.8) is 0 Å². The third kappa shape index (κ3) is 3.66. The van der Waals surface area contributed by atoms with Crippen LogP contribution < -0.4 is 5.32 Å². The summed E-state index contributed by atoms with van der Waals surface area (Å²) in [7, 11) is 1.45. The van der Waals surface area contributed by atoms with E-state index in [1.165, 1.54) is 7.11 Å². The van der Waals surface area contributed by atoms with Gasteiger partial charge in [-0.25, -0.2) is 9.97 Å². The number of rotatable bonds is 3. The van der Waals surface area contributed by atoms with Gasteiger partial charge in [-0.15, -0.1) is 0 Å². The van der Waals surface area contributed by atoms with Crippen LogP contribution in [0.2, 0.25) is 0 Å².